The zero-order valence-electron chi connectivity index (χ0n) is 4.67. The number of hydrogen-bond acceptors (Lipinski definition) is 2. The molecule has 1 aliphatic heterocycles. The number of nitrogens with zero attached hydrogens (tertiary/aromatic N) is 1. The summed E-state index contributed by atoms with van der Waals surface area (Å²) >= 11 is 0. The van der Waals surface area contributed by atoms with Crippen molar-refractivity contribution < 1.29 is 9.44 Å². The van der Waals surface area contributed by atoms with Gasteiger partial charge >= 0.3 is 47.8 Å². The summed E-state index contributed by atoms with van der Waals surface area (Å²) in [7, 11) is 0.864. The zero-order chi connectivity index (χ0) is 5.82. The molecular formula is C4H8BNO2. The monoisotopic (exact) mass is 113 g/mol. The van der Waals surface area contributed by atoms with Crippen molar-refractivity contribution in [1.29, 1.82) is 0 Å². The van der Waals surface area contributed by atoms with Gasteiger partial charge in [-0.2, -0.15) is 0 Å². The van der Waals surface area contributed by atoms with Crippen LogP contribution < -0.4 is 0 Å². The molecule has 1 aliphatic rings. The molecule has 0 spiro atoms. The standard InChI is InChI=1S/C4H8BNO2/c7-5-6-1-3-8-4-2-6/h1-4H2. The predicted octanol–water partition coefficient (Wildman–Crippen LogP) is -0.717. The Morgan fingerprint density at radius 1 is 1.38 bits per heavy atom. The normalized spacial score (nSPS) is 20.2. The van der Waals surface area contributed by atoms with E-state index in [2.05, 4.69) is 0 Å². The van der Waals surface area contributed by atoms with Crippen LogP contribution in [0.2, 0.25) is 0 Å². The van der Waals surface area contributed by atoms with Gasteiger partial charge in [-0.3, -0.25) is 0 Å². The molecule has 0 aromatic heterocycles. The van der Waals surface area contributed by atoms with E-state index in [0.717, 1.165) is 20.4 Å². The van der Waals surface area contributed by atoms with Gasteiger partial charge in [0.05, 0.1) is 0 Å². The Morgan fingerprint density at radius 3 is 2.38 bits per heavy atom. The molecule has 1 saturated heterocycles. The summed E-state index contributed by atoms with van der Waals surface area (Å²) in [5, 5.41) is 0. The molecule has 8 heavy (non-hydrogen) atoms. The Morgan fingerprint density at radius 2 is 2.00 bits per heavy atom. The Balaban J connectivity index is 2.22. The van der Waals surface area contributed by atoms with Crippen LogP contribution >= 0.6 is 0 Å². The van der Waals surface area contributed by atoms with Crippen LogP contribution in [0.5, 0.6) is 0 Å². The van der Waals surface area contributed by atoms with Crippen molar-refractivity contribution in [2.24, 2.45) is 0 Å². The van der Waals surface area contributed by atoms with Gasteiger partial charge in [0.15, 0.2) is 0 Å². The second kappa shape index (κ2) is 2.82. The first-order valence-electron chi connectivity index (χ1n) is 2.70. The second-order valence-electron chi connectivity index (χ2n) is 1.75. The first-order valence-corrected chi connectivity index (χ1v) is 2.70. The van der Waals surface area contributed by atoms with Crippen molar-refractivity contribution in [1.82, 2.24) is 4.81 Å². The van der Waals surface area contributed by atoms with E-state index in [9.17, 15) is 4.70 Å². The summed E-state index contributed by atoms with van der Waals surface area (Å²) in [6, 6.07) is 0. The van der Waals surface area contributed by atoms with Crippen LogP contribution in [0.25, 0.3) is 0 Å². The fourth-order valence-corrected chi connectivity index (χ4v) is 0.683. The van der Waals surface area contributed by atoms with Crippen molar-refractivity contribution in [2.75, 3.05) is 26.3 Å². The molecule has 1 rings (SSSR count). The summed E-state index contributed by atoms with van der Waals surface area (Å²) in [4.78, 5) is 1.71. The average Bonchev–Trinajstić information content (AvgIpc) is 1.90. The summed E-state index contributed by atoms with van der Waals surface area (Å²) in [5.41, 5.74) is 0. The Kier molecular flexibility index (Phi) is 2.03. The number of ether oxygens (including phenoxy) is 1. The average molecular weight is 113 g/mol. The van der Waals surface area contributed by atoms with E-state index in [1.807, 2.05) is 0 Å². The summed E-state index contributed by atoms with van der Waals surface area (Å²) in [6.45, 7) is 2.89. The third-order valence-electron chi connectivity index (χ3n) is 1.19. The fourth-order valence-electron chi connectivity index (χ4n) is 0.683. The van der Waals surface area contributed by atoms with Crippen molar-refractivity contribution in [3.63, 3.8) is 0 Å². The van der Waals surface area contributed by atoms with Gasteiger partial charge in [0, 0.05) is 0 Å². The molecule has 0 N–H and O–H groups in total. The molecule has 0 aromatic carbocycles. The van der Waals surface area contributed by atoms with E-state index in [4.69, 9.17) is 4.74 Å². The molecule has 44 valence electrons. The maximum absolute atomic E-state index is 10.0. The van der Waals surface area contributed by atoms with Crippen molar-refractivity contribution in [2.45, 2.75) is 0 Å². The molecule has 3 nitrogen and oxygen atoms in total. The van der Waals surface area contributed by atoms with E-state index >= 15 is 0 Å². The van der Waals surface area contributed by atoms with Crippen LogP contribution in [0.4, 0.5) is 0 Å². The van der Waals surface area contributed by atoms with Gasteiger partial charge in [0.1, 0.15) is 0 Å². The molecule has 4 heteroatoms. The first-order chi connectivity index (χ1) is 3.93. The third-order valence-corrected chi connectivity index (χ3v) is 1.19. The number of rotatable bonds is 1. The molecule has 0 unspecified atom stereocenters. The SMILES string of the molecule is O=BN1CCOCC1. The zero-order valence-corrected chi connectivity index (χ0v) is 4.67. The van der Waals surface area contributed by atoms with Gasteiger partial charge in [-0.05, 0) is 0 Å². The summed E-state index contributed by atoms with van der Waals surface area (Å²) < 4.78 is 15.0. The summed E-state index contributed by atoms with van der Waals surface area (Å²) in [5.74, 6) is 0. The van der Waals surface area contributed by atoms with E-state index in [1.54, 1.807) is 4.81 Å². The van der Waals surface area contributed by atoms with Gasteiger partial charge in [0.25, 0.3) is 0 Å². The van der Waals surface area contributed by atoms with Crippen molar-refractivity contribution >= 4 is 7.28 Å². The minimum atomic E-state index is 0.693. The maximum atomic E-state index is 10.0. The van der Waals surface area contributed by atoms with Crippen LogP contribution in [0.15, 0.2) is 0 Å². The van der Waals surface area contributed by atoms with Crippen molar-refractivity contribution in [3.05, 3.63) is 0 Å². The molecule has 0 aromatic rings. The van der Waals surface area contributed by atoms with Crippen molar-refractivity contribution in [3.8, 4) is 0 Å². The minimum absolute atomic E-state index is 0.693. The van der Waals surface area contributed by atoms with Gasteiger partial charge in [-0.25, -0.2) is 0 Å². The van der Waals surface area contributed by atoms with E-state index < -0.39 is 0 Å². The second-order valence-corrected chi connectivity index (χ2v) is 1.75. The first kappa shape index (κ1) is 5.76. The van der Waals surface area contributed by atoms with Crippen LogP contribution in [-0.4, -0.2) is 38.4 Å². The topological polar surface area (TPSA) is 29.5 Å². The molecule has 0 bridgehead atoms. The Bertz CT molecular complexity index is 82.1. The molecule has 0 radical (unpaired) electrons. The van der Waals surface area contributed by atoms with Gasteiger partial charge in [-0.15, -0.1) is 0 Å². The van der Waals surface area contributed by atoms with Gasteiger partial charge in [0.2, 0.25) is 0 Å². The van der Waals surface area contributed by atoms with Crippen LogP contribution in [-0.2, 0) is 9.44 Å². The Labute approximate surface area is 48.9 Å². The van der Waals surface area contributed by atoms with Gasteiger partial charge in [-0.1, -0.05) is 0 Å². The van der Waals surface area contributed by atoms with Crippen LogP contribution in [0.3, 0.4) is 0 Å². The number of morpholine rings is 1. The molecular weight excluding hydrogens is 105 g/mol. The van der Waals surface area contributed by atoms with E-state index in [1.165, 1.54) is 0 Å². The molecule has 0 amide bonds. The molecule has 0 saturated carbocycles. The van der Waals surface area contributed by atoms with Crippen LogP contribution in [0, 0.1) is 0 Å². The number of hydrogen-bond donors (Lipinski definition) is 0. The molecule has 0 atom stereocenters. The Hall–Kier alpha value is -0.375. The summed E-state index contributed by atoms with van der Waals surface area (Å²) in [6.07, 6.45) is 0. The fraction of sp³-hybridized carbons (Fsp3) is 1.00. The quantitative estimate of drug-likeness (QED) is 0.420. The molecule has 0 aliphatic carbocycles. The molecule has 1 heterocycles. The third kappa shape index (κ3) is 1.30. The molecule has 1 fully saturated rings. The van der Waals surface area contributed by atoms with Gasteiger partial charge < -0.3 is 0 Å². The van der Waals surface area contributed by atoms with E-state index in [0.29, 0.717) is 13.2 Å². The van der Waals surface area contributed by atoms with E-state index in [-0.39, 0.29) is 0 Å². The van der Waals surface area contributed by atoms with Crippen LogP contribution in [0.1, 0.15) is 0 Å². The predicted molar refractivity (Wildman–Crippen MR) is 28.8 cm³/mol.